The maximum absolute atomic E-state index is 12.2. The fourth-order valence-corrected chi connectivity index (χ4v) is 2.79. The zero-order valence-corrected chi connectivity index (χ0v) is 15.9. The minimum Gasteiger partial charge on any atom is -0.489 e. The van der Waals surface area contributed by atoms with Gasteiger partial charge in [-0.05, 0) is 29.8 Å². The van der Waals surface area contributed by atoms with Gasteiger partial charge in [0.05, 0.1) is 22.3 Å². The standard InChI is InChI=1S/C21H18Cl2N2O2/c22-18-10-5-11-19(21(18)23)24-13-20(26)25-16-8-4-9-17(12-16)27-14-15-6-2-1-3-7-15/h1-12,24H,13-14H2,(H,25,26). The Labute approximate surface area is 168 Å². The van der Waals surface area contributed by atoms with E-state index in [4.69, 9.17) is 27.9 Å². The van der Waals surface area contributed by atoms with Crippen molar-refractivity contribution in [2.24, 2.45) is 0 Å². The molecule has 0 saturated heterocycles. The number of rotatable bonds is 7. The maximum Gasteiger partial charge on any atom is 0.243 e. The first-order valence-electron chi connectivity index (χ1n) is 8.36. The lowest BCUT2D eigenvalue weighted by molar-refractivity contribution is -0.114. The zero-order chi connectivity index (χ0) is 19.1. The van der Waals surface area contributed by atoms with Gasteiger partial charge < -0.3 is 15.4 Å². The van der Waals surface area contributed by atoms with Crippen molar-refractivity contribution in [3.05, 3.63) is 88.4 Å². The van der Waals surface area contributed by atoms with Crippen molar-refractivity contribution in [3.63, 3.8) is 0 Å². The smallest absolute Gasteiger partial charge is 0.243 e. The quantitative estimate of drug-likeness (QED) is 0.540. The summed E-state index contributed by atoms with van der Waals surface area (Å²) in [6, 6.07) is 22.4. The first-order chi connectivity index (χ1) is 13.1. The van der Waals surface area contributed by atoms with Crippen LogP contribution in [0.15, 0.2) is 72.8 Å². The third-order valence-electron chi connectivity index (χ3n) is 3.76. The molecule has 1 amide bonds. The number of hydrogen-bond donors (Lipinski definition) is 2. The van der Waals surface area contributed by atoms with Crippen LogP contribution in [0.5, 0.6) is 5.75 Å². The molecule has 0 heterocycles. The molecule has 0 aliphatic carbocycles. The maximum atomic E-state index is 12.2. The summed E-state index contributed by atoms with van der Waals surface area (Å²) in [6.45, 7) is 0.530. The summed E-state index contributed by atoms with van der Waals surface area (Å²) in [5.41, 5.74) is 2.35. The van der Waals surface area contributed by atoms with Crippen molar-refractivity contribution in [3.8, 4) is 5.75 Å². The van der Waals surface area contributed by atoms with Gasteiger partial charge in [0.25, 0.3) is 0 Å². The van der Waals surface area contributed by atoms with E-state index in [1.54, 1.807) is 30.3 Å². The number of carbonyl (C=O) groups is 1. The van der Waals surface area contributed by atoms with Crippen LogP contribution in [-0.2, 0) is 11.4 Å². The van der Waals surface area contributed by atoms with E-state index < -0.39 is 0 Å². The number of benzene rings is 3. The van der Waals surface area contributed by atoms with Gasteiger partial charge in [-0.1, -0.05) is 65.7 Å². The second-order valence-electron chi connectivity index (χ2n) is 5.81. The van der Waals surface area contributed by atoms with Crippen LogP contribution in [0.4, 0.5) is 11.4 Å². The topological polar surface area (TPSA) is 50.4 Å². The highest BCUT2D eigenvalue weighted by molar-refractivity contribution is 6.43. The van der Waals surface area contributed by atoms with E-state index in [-0.39, 0.29) is 12.5 Å². The fourth-order valence-electron chi connectivity index (χ4n) is 2.43. The molecule has 0 fully saturated rings. The molecule has 0 aliphatic heterocycles. The summed E-state index contributed by atoms with van der Waals surface area (Å²) < 4.78 is 5.77. The third-order valence-corrected chi connectivity index (χ3v) is 4.58. The van der Waals surface area contributed by atoms with Crippen molar-refractivity contribution in [1.29, 1.82) is 0 Å². The van der Waals surface area contributed by atoms with Gasteiger partial charge in [0.1, 0.15) is 12.4 Å². The molecule has 0 spiro atoms. The average molecular weight is 401 g/mol. The van der Waals surface area contributed by atoms with E-state index in [0.717, 1.165) is 5.56 Å². The molecular weight excluding hydrogens is 383 g/mol. The highest BCUT2D eigenvalue weighted by Gasteiger charge is 2.07. The first-order valence-corrected chi connectivity index (χ1v) is 9.12. The number of hydrogen-bond acceptors (Lipinski definition) is 3. The van der Waals surface area contributed by atoms with Crippen molar-refractivity contribution in [2.45, 2.75) is 6.61 Å². The van der Waals surface area contributed by atoms with Crippen molar-refractivity contribution in [2.75, 3.05) is 17.2 Å². The molecule has 0 unspecified atom stereocenters. The lowest BCUT2D eigenvalue weighted by Crippen LogP contribution is -2.21. The summed E-state index contributed by atoms with van der Waals surface area (Å²) in [4.78, 5) is 12.2. The lowest BCUT2D eigenvalue weighted by Gasteiger charge is -2.11. The summed E-state index contributed by atoms with van der Waals surface area (Å²) in [7, 11) is 0. The van der Waals surface area contributed by atoms with Gasteiger partial charge in [-0.3, -0.25) is 4.79 Å². The average Bonchev–Trinajstić information content (AvgIpc) is 2.69. The van der Waals surface area contributed by atoms with E-state index in [0.29, 0.717) is 33.8 Å². The molecule has 138 valence electrons. The Balaban J connectivity index is 1.54. The Morgan fingerprint density at radius 1 is 0.926 bits per heavy atom. The molecule has 3 aromatic carbocycles. The predicted molar refractivity (Wildman–Crippen MR) is 111 cm³/mol. The number of nitrogens with one attached hydrogen (secondary N) is 2. The van der Waals surface area contributed by atoms with E-state index >= 15 is 0 Å². The Hall–Kier alpha value is -2.69. The molecule has 0 aliphatic rings. The highest BCUT2D eigenvalue weighted by Crippen LogP contribution is 2.29. The summed E-state index contributed by atoms with van der Waals surface area (Å²) in [5, 5.41) is 6.63. The Kier molecular flexibility index (Phi) is 6.58. The molecule has 6 heteroatoms. The molecule has 0 atom stereocenters. The van der Waals surface area contributed by atoms with E-state index in [9.17, 15) is 4.79 Å². The van der Waals surface area contributed by atoms with E-state index in [1.165, 1.54) is 0 Å². The second-order valence-corrected chi connectivity index (χ2v) is 6.59. The normalized spacial score (nSPS) is 10.3. The molecule has 0 aromatic heterocycles. The van der Waals surface area contributed by atoms with Gasteiger partial charge in [0, 0.05) is 11.8 Å². The fraction of sp³-hybridized carbons (Fsp3) is 0.0952. The van der Waals surface area contributed by atoms with Crippen LogP contribution in [0.3, 0.4) is 0 Å². The van der Waals surface area contributed by atoms with Crippen LogP contribution in [0.25, 0.3) is 0 Å². The highest BCUT2D eigenvalue weighted by atomic mass is 35.5. The molecule has 0 bridgehead atoms. The minimum atomic E-state index is -0.203. The summed E-state index contributed by atoms with van der Waals surface area (Å²) >= 11 is 12.1. The van der Waals surface area contributed by atoms with Gasteiger partial charge in [0.15, 0.2) is 0 Å². The van der Waals surface area contributed by atoms with Gasteiger partial charge in [-0.25, -0.2) is 0 Å². The third kappa shape index (κ3) is 5.64. The molecular formula is C21H18Cl2N2O2. The molecule has 3 aromatic rings. The molecule has 0 radical (unpaired) electrons. The molecule has 27 heavy (non-hydrogen) atoms. The molecule has 2 N–H and O–H groups in total. The number of carbonyl (C=O) groups excluding carboxylic acids is 1. The largest absolute Gasteiger partial charge is 0.489 e. The summed E-state index contributed by atoms with van der Waals surface area (Å²) in [5.74, 6) is 0.480. The first kappa shape index (κ1) is 19.1. The zero-order valence-electron chi connectivity index (χ0n) is 14.4. The van der Waals surface area contributed by atoms with Crippen LogP contribution < -0.4 is 15.4 Å². The van der Waals surface area contributed by atoms with Crippen LogP contribution >= 0.6 is 23.2 Å². The van der Waals surface area contributed by atoms with Gasteiger partial charge in [0.2, 0.25) is 5.91 Å². The van der Waals surface area contributed by atoms with Crippen LogP contribution in [0.1, 0.15) is 5.56 Å². The monoisotopic (exact) mass is 400 g/mol. The van der Waals surface area contributed by atoms with Gasteiger partial charge in [-0.2, -0.15) is 0 Å². The van der Waals surface area contributed by atoms with Gasteiger partial charge >= 0.3 is 0 Å². The van der Waals surface area contributed by atoms with Crippen molar-refractivity contribution < 1.29 is 9.53 Å². The van der Waals surface area contributed by atoms with Crippen LogP contribution in [0, 0.1) is 0 Å². The van der Waals surface area contributed by atoms with Crippen LogP contribution in [-0.4, -0.2) is 12.5 Å². The number of anilines is 2. The summed E-state index contributed by atoms with van der Waals surface area (Å²) in [6.07, 6.45) is 0. The van der Waals surface area contributed by atoms with Crippen molar-refractivity contribution >= 4 is 40.5 Å². The number of amides is 1. The predicted octanol–water partition coefficient (Wildman–Crippen LogP) is 5.62. The van der Waals surface area contributed by atoms with E-state index in [2.05, 4.69) is 10.6 Å². The Morgan fingerprint density at radius 3 is 2.52 bits per heavy atom. The molecule has 3 rings (SSSR count). The lowest BCUT2D eigenvalue weighted by atomic mass is 10.2. The van der Waals surface area contributed by atoms with Crippen LogP contribution in [0.2, 0.25) is 10.0 Å². The molecule has 4 nitrogen and oxygen atoms in total. The Morgan fingerprint density at radius 2 is 1.70 bits per heavy atom. The van der Waals surface area contributed by atoms with Gasteiger partial charge in [-0.15, -0.1) is 0 Å². The second kappa shape index (κ2) is 9.31. The minimum absolute atomic E-state index is 0.0646. The van der Waals surface area contributed by atoms with E-state index in [1.807, 2.05) is 42.5 Å². The van der Waals surface area contributed by atoms with Crippen molar-refractivity contribution in [1.82, 2.24) is 0 Å². The molecule has 0 saturated carbocycles. The Bertz CT molecular complexity index is 917. The SMILES string of the molecule is O=C(CNc1cccc(Cl)c1Cl)Nc1cccc(OCc2ccccc2)c1. The number of halogens is 2. The number of ether oxygens (including phenoxy) is 1.